The first kappa shape index (κ1) is 32.9. The Balaban J connectivity index is 1.93. The lowest BCUT2D eigenvalue weighted by molar-refractivity contribution is -0.297. The maximum atomic E-state index is 12.9. The van der Waals surface area contributed by atoms with Gasteiger partial charge in [0.1, 0.15) is 35.9 Å². The molecule has 10 nitrogen and oxygen atoms in total. The fourth-order valence-corrected chi connectivity index (χ4v) is 10.3. The SMILES string of the molecule is COOC[C@H]1O[C@](n2cnc3c(N)ncnc32)(C(c2ccccc2)(c2ccccc2)c2ccccc2)[C@@](OC(C)(C)C)([SiH](C)C)[C@@H]1O. The Morgan fingerprint density at radius 3 is 1.87 bits per heavy atom. The molecule has 5 aromatic rings. The summed E-state index contributed by atoms with van der Waals surface area (Å²) < 4.78 is 16.9. The molecule has 0 bridgehead atoms. The van der Waals surface area contributed by atoms with E-state index in [1.807, 2.05) is 79.9 Å². The van der Waals surface area contributed by atoms with Gasteiger partial charge in [-0.1, -0.05) is 104 Å². The molecule has 0 amide bonds. The predicted octanol–water partition coefficient (Wildman–Crippen LogP) is 5.01. The third-order valence-corrected chi connectivity index (χ3v) is 11.7. The highest BCUT2D eigenvalue weighted by Crippen LogP contribution is 2.63. The van der Waals surface area contributed by atoms with Gasteiger partial charge in [0.2, 0.25) is 0 Å². The molecule has 1 fully saturated rings. The number of nitrogens with zero attached hydrogens (tertiary/aromatic N) is 4. The molecule has 0 spiro atoms. The number of nitrogens with two attached hydrogens (primary N) is 1. The van der Waals surface area contributed by atoms with Crippen LogP contribution >= 0.6 is 0 Å². The van der Waals surface area contributed by atoms with Crippen molar-refractivity contribution in [2.24, 2.45) is 0 Å². The number of aliphatic hydroxyl groups is 1. The summed E-state index contributed by atoms with van der Waals surface area (Å²) in [4.78, 5) is 24.4. The molecule has 4 atom stereocenters. The minimum atomic E-state index is -2.24. The van der Waals surface area contributed by atoms with E-state index in [1.165, 1.54) is 13.4 Å². The fourth-order valence-electron chi connectivity index (χ4n) is 7.64. The molecule has 1 saturated heterocycles. The van der Waals surface area contributed by atoms with E-state index in [2.05, 4.69) is 54.5 Å². The van der Waals surface area contributed by atoms with Crippen LogP contribution in [0.15, 0.2) is 104 Å². The van der Waals surface area contributed by atoms with E-state index < -0.39 is 43.0 Å². The summed E-state index contributed by atoms with van der Waals surface area (Å²) in [5, 5.41) is 11.5. The van der Waals surface area contributed by atoms with Crippen LogP contribution in [0, 0.1) is 0 Å². The summed E-state index contributed by atoms with van der Waals surface area (Å²) in [7, 11) is -0.798. The molecular formula is C36H43N5O5Si. The van der Waals surface area contributed by atoms with Crippen molar-refractivity contribution in [2.75, 3.05) is 19.5 Å². The third kappa shape index (κ3) is 5.00. The first-order valence-corrected chi connectivity index (χ1v) is 18.8. The maximum Gasteiger partial charge on any atom is 0.194 e. The number of aromatic nitrogens is 4. The van der Waals surface area contributed by atoms with Crippen LogP contribution in [0.2, 0.25) is 13.1 Å². The smallest absolute Gasteiger partial charge is 0.194 e. The van der Waals surface area contributed by atoms with Gasteiger partial charge in [0.15, 0.2) is 17.2 Å². The number of aliphatic hydroxyl groups excluding tert-OH is 1. The monoisotopic (exact) mass is 653 g/mol. The van der Waals surface area contributed by atoms with Crippen LogP contribution in [0.25, 0.3) is 11.2 Å². The Morgan fingerprint density at radius 1 is 0.872 bits per heavy atom. The van der Waals surface area contributed by atoms with Crippen molar-refractivity contribution in [3.05, 3.63) is 120 Å². The van der Waals surface area contributed by atoms with E-state index in [1.54, 1.807) is 6.33 Å². The van der Waals surface area contributed by atoms with Gasteiger partial charge in [-0.15, -0.1) is 0 Å². The number of hydrogen-bond donors (Lipinski definition) is 2. The zero-order valence-corrected chi connectivity index (χ0v) is 28.9. The molecule has 3 aromatic carbocycles. The molecule has 1 aliphatic rings. The van der Waals surface area contributed by atoms with Gasteiger partial charge >= 0.3 is 0 Å². The summed E-state index contributed by atoms with van der Waals surface area (Å²) in [5.74, 6) is 0.232. The summed E-state index contributed by atoms with van der Waals surface area (Å²) >= 11 is 0. The lowest BCUT2D eigenvalue weighted by Crippen LogP contribution is -2.74. The highest BCUT2D eigenvalue weighted by Gasteiger charge is 2.78. The molecule has 0 saturated carbocycles. The van der Waals surface area contributed by atoms with E-state index in [4.69, 9.17) is 35.0 Å². The van der Waals surface area contributed by atoms with Crippen molar-refractivity contribution >= 4 is 25.8 Å². The molecule has 11 heteroatoms. The van der Waals surface area contributed by atoms with Crippen LogP contribution in [-0.2, 0) is 30.4 Å². The third-order valence-electron chi connectivity index (χ3n) is 9.16. The number of benzene rings is 3. The number of fused-ring (bicyclic) bond motifs is 1. The van der Waals surface area contributed by atoms with E-state index in [0.717, 1.165) is 16.7 Å². The zero-order valence-electron chi connectivity index (χ0n) is 27.7. The number of anilines is 1. The minimum absolute atomic E-state index is 0.0615. The summed E-state index contributed by atoms with van der Waals surface area (Å²) in [5.41, 5.74) is 6.53. The second kappa shape index (κ2) is 12.6. The normalized spacial score (nSPS) is 23.5. The molecule has 1 aliphatic heterocycles. The Hall–Kier alpha value is -3.97. The molecule has 0 aliphatic carbocycles. The molecule has 6 rings (SSSR count). The number of ether oxygens (including phenoxy) is 2. The Morgan fingerprint density at radius 2 is 1.40 bits per heavy atom. The van der Waals surface area contributed by atoms with E-state index in [0.29, 0.717) is 11.2 Å². The molecule has 3 heterocycles. The summed E-state index contributed by atoms with van der Waals surface area (Å²) in [6.45, 7) is 10.3. The second-order valence-corrected chi connectivity index (χ2v) is 16.4. The van der Waals surface area contributed by atoms with E-state index in [-0.39, 0.29) is 12.4 Å². The largest absolute Gasteiger partial charge is 0.387 e. The van der Waals surface area contributed by atoms with Crippen molar-refractivity contribution in [1.29, 1.82) is 0 Å². The molecule has 2 aromatic heterocycles. The van der Waals surface area contributed by atoms with Gasteiger partial charge in [-0.3, -0.25) is 4.57 Å². The van der Waals surface area contributed by atoms with Crippen molar-refractivity contribution in [3.8, 4) is 0 Å². The van der Waals surface area contributed by atoms with Crippen LogP contribution in [0.5, 0.6) is 0 Å². The molecule has 3 N–H and O–H groups in total. The average molecular weight is 654 g/mol. The number of hydrogen-bond acceptors (Lipinski definition) is 9. The predicted molar refractivity (Wildman–Crippen MR) is 183 cm³/mol. The number of rotatable bonds is 10. The van der Waals surface area contributed by atoms with Crippen molar-refractivity contribution in [1.82, 2.24) is 19.5 Å². The van der Waals surface area contributed by atoms with Crippen LogP contribution < -0.4 is 5.73 Å². The van der Waals surface area contributed by atoms with Gasteiger partial charge in [0, 0.05) is 0 Å². The van der Waals surface area contributed by atoms with Crippen LogP contribution in [-0.4, -0.2) is 70.2 Å². The molecule has 47 heavy (non-hydrogen) atoms. The number of nitrogen functional groups attached to an aromatic ring is 1. The van der Waals surface area contributed by atoms with Crippen molar-refractivity contribution < 1.29 is 24.4 Å². The Bertz CT molecular complexity index is 1700. The van der Waals surface area contributed by atoms with Crippen molar-refractivity contribution in [2.45, 2.75) is 68.0 Å². The standard InChI is InChI=1S/C36H43N5O5Si/c1-33(2,3)46-35(47(5)6)30(42)28(22-44-43-4)45-36(35,41-24-40-29-31(37)38-23-39-32(29)41)34(25-16-10-7-11-17-25,26-18-12-8-13-19-26)27-20-14-9-15-21-27/h7-21,23-24,28,30,42,47H,22H2,1-6H3,(H2,37,38,39)/t28-,30-,35+,36-/m1/s1. The minimum Gasteiger partial charge on any atom is -0.387 e. The topological polar surface area (TPSA) is 127 Å². The zero-order chi connectivity index (χ0) is 33.5. The molecule has 246 valence electrons. The van der Waals surface area contributed by atoms with Crippen LogP contribution in [0.1, 0.15) is 37.5 Å². The van der Waals surface area contributed by atoms with Gasteiger partial charge in [0.05, 0.1) is 33.2 Å². The quantitative estimate of drug-likeness (QED) is 0.0926. The van der Waals surface area contributed by atoms with Gasteiger partial charge in [-0.2, -0.15) is 0 Å². The first-order chi connectivity index (χ1) is 22.5. The Labute approximate surface area is 277 Å². The van der Waals surface area contributed by atoms with Crippen LogP contribution in [0.4, 0.5) is 5.82 Å². The number of imidazole rings is 1. The lowest BCUT2D eigenvalue weighted by atomic mass is 9.60. The maximum absolute atomic E-state index is 12.9. The fraction of sp³-hybridized carbons (Fsp3) is 0.361. The van der Waals surface area contributed by atoms with Gasteiger partial charge in [-0.25, -0.2) is 24.7 Å². The second-order valence-electron chi connectivity index (χ2n) is 13.3. The van der Waals surface area contributed by atoms with Crippen LogP contribution in [0.3, 0.4) is 0 Å². The summed E-state index contributed by atoms with van der Waals surface area (Å²) in [6.07, 6.45) is 1.06. The first-order valence-electron chi connectivity index (χ1n) is 15.9. The highest BCUT2D eigenvalue weighted by molar-refractivity contribution is 6.60. The molecule has 0 radical (unpaired) electrons. The van der Waals surface area contributed by atoms with Gasteiger partial charge in [0.25, 0.3) is 0 Å². The van der Waals surface area contributed by atoms with Crippen molar-refractivity contribution in [3.63, 3.8) is 0 Å². The van der Waals surface area contributed by atoms with E-state index >= 15 is 0 Å². The lowest BCUT2D eigenvalue weighted by Gasteiger charge is -2.59. The van der Waals surface area contributed by atoms with E-state index in [9.17, 15) is 5.11 Å². The molecular weight excluding hydrogens is 611 g/mol. The highest BCUT2D eigenvalue weighted by atomic mass is 28.3. The van der Waals surface area contributed by atoms with Gasteiger partial charge < -0.3 is 20.3 Å². The Kier molecular flexibility index (Phi) is 8.81. The molecule has 0 unspecified atom stereocenters. The van der Waals surface area contributed by atoms with Gasteiger partial charge in [-0.05, 0) is 37.5 Å². The average Bonchev–Trinajstić information content (AvgIpc) is 3.61. The summed E-state index contributed by atoms with van der Waals surface area (Å²) in [6, 6.07) is 30.7.